The number of amides is 1. The molecule has 2 aliphatic heterocycles. The standard InChI is InChI=1S/C16H20N2O3/c19-15(18-7-3-4-8-18)11-17-9-12-5-1-2-6-13(12)14(10-17)16(20)21/h1-2,5-6,14H,3-4,7-11H2,(H,20,21). The first kappa shape index (κ1) is 14.1. The van der Waals surface area contributed by atoms with Gasteiger partial charge in [-0.1, -0.05) is 24.3 Å². The van der Waals surface area contributed by atoms with E-state index in [-0.39, 0.29) is 5.91 Å². The van der Waals surface area contributed by atoms with Crippen molar-refractivity contribution in [3.8, 4) is 0 Å². The summed E-state index contributed by atoms with van der Waals surface area (Å²) in [6.07, 6.45) is 2.15. The molecule has 1 aromatic carbocycles. The Balaban J connectivity index is 1.73. The van der Waals surface area contributed by atoms with Gasteiger partial charge in [0.05, 0.1) is 12.5 Å². The summed E-state index contributed by atoms with van der Waals surface area (Å²) in [6.45, 7) is 3.06. The van der Waals surface area contributed by atoms with Gasteiger partial charge in [0.2, 0.25) is 5.91 Å². The molecule has 1 atom stereocenters. The number of carbonyl (C=O) groups is 2. The smallest absolute Gasteiger partial charge is 0.312 e. The minimum atomic E-state index is -0.819. The second-order valence-electron chi connectivity index (χ2n) is 5.85. The van der Waals surface area contributed by atoms with Gasteiger partial charge in [0.1, 0.15) is 0 Å². The predicted octanol–water partition coefficient (Wildman–Crippen LogP) is 1.29. The summed E-state index contributed by atoms with van der Waals surface area (Å²) in [5.74, 6) is -1.24. The molecular formula is C16H20N2O3. The third kappa shape index (κ3) is 2.93. The number of aliphatic carboxylic acids is 1. The van der Waals surface area contributed by atoms with Crippen LogP contribution >= 0.6 is 0 Å². The van der Waals surface area contributed by atoms with Gasteiger partial charge in [0.25, 0.3) is 0 Å². The van der Waals surface area contributed by atoms with Gasteiger partial charge in [0, 0.05) is 26.2 Å². The molecule has 5 heteroatoms. The van der Waals surface area contributed by atoms with Gasteiger partial charge in [-0.2, -0.15) is 0 Å². The van der Waals surface area contributed by atoms with Crippen molar-refractivity contribution in [3.63, 3.8) is 0 Å². The number of likely N-dealkylation sites (tertiary alicyclic amines) is 1. The zero-order valence-corrected chi connectivity index (χ0v) is 12.0. The molecule has 3 rings (SSSR count). The zero-order valence-electron chi connectivity index (χ0n) is 12.0. The monoisotopic (exact) mass is 288 g/mol. The maximum Gasteiger partial charge on any atom is 0.312 e. The summed E-state index contributed by atoms with van der Waals surface area (Å²) in [4.78, 5) is 27.6. The van der Waals surface area contributed by atoms with Gasteiger partial charge in [0.15, 0.2) is 0 Å². The first-order chi connectivity index (χ1) is 10.1. The summed E-state index contributed by atoms with van der Waals surface area (Å²) in [5.41, 5.74) is 1.90. The molecule has 1 N–H and O–H groups in total. The lowest BCUT2D eigenvalue weighted by atomic mass is 9.90. The van der Waals surface area contributed by atoms with Gasteiger partial charge in [-0.05, 0) is 24.0 Å². The average Bonchev–Trinajstić information content (AvgIpc) is 3.00. The lowest BCUT2D eigenvalue weighted by molar-refractivity contribution is -0.140. The molecule has 5 nitrogen and oxygen atoms in total. The van der Waals surface area contributed by atoms with Crippen LogP contribution in [-0.4, -0.2) is 53.0 Å². The zero-order chi connectivity index (χ0) is 14.8. The number of hydrogen-bond acceptors (Lipinski definition) is 3. The number of carboxylic acids is 1. The predicted molar refractivity (Wildman–Crippen MR) is 77.9 cm³/mol. The summed E-state index contributed by atoms with van der Waals surface area (Å²) >= 11 is 0. The van der Waals surface area contributed by atoms with Crippen LogP contribution in [0.1, 0.15) is 29.9 Å². The Morgan fingerprint density at radius 3 is 2.62 bits per heavy atom. The second kappa shape index (κ2) is 5.85. The number of rotatable bonds is 3. The highest BCUT2D eigenvalue weighted by atomic mass is 16.4. The van der Waals surface area contributed by atoms with Crippen LogP contribution in [0.4, 0.5) is 0 Å². The van der Waals surface area contributed by atoms with E-state index in [1.54, 1.807) is 0 Å². The first-order valence-corrected chi connectivity index (χ1v) is 7.46. The van der Waals surface area contributed by atoms with Crippen LogP contribution in [-0.2, 0) is 16.1 Å². The second-order valence-corrected chi connectivity index (χ2v) is 5.85. The highest BCUT2D eigenvalue weighted by molar-refractivity contribution is 5.80. The number of carbonyl (C=O) groups excluding carboxylic acids is 1. The normalized spacial score (nSPS) is 22.1. The van der Waals surface area contributed by atoms with Crippen molar-refractivity contribution in [1.29, 1.82) is 0 Å². The molecule has 1 amide bonds. The summed E-state index contributed by atoms with van der Waals surface area (Å²) in [5, 5.41) is 9.43. The molecule has 0 bridgehead atoms. The van der Waals surface area contributed by atoms with E-state index < -0.39 is 11.9 Å². The lowest BCUT2D eigenvalue weighted by Crippen LogP contribution is -2.43. The molecule has 0 aromatic heterocycles. The number of fused-ring (bicyclic) bond motifs is 1. The molecular weight excluding hydrogens is 268 g/mol. The summed E-state index contributed by atoms with van der Waals surface area (Å²) < 4.78 is 0. The van der Waals surface area contributed by atoms with Crippen molar-refractivity contribution < 1.29 is 14.7 Å². The van der Waals surface area contributed by atoms with E-state index in [1.807, 2.05) is 34.1 Å². The number of nitrogens with zero attached hydrogens (tertiary/aromatic N) is 2. The Hall–Kier alpha value is -1.88. The molecule has 0 saturated carbocycles. The van der Waals surface area contributed by atoms with Crippen LogP contribution in [0.2, 0.25) is 0 Å². The number of carboxylic acid groups (broad SMARTS) is 1. The fraction of sp³-hybridized carbons (Fsp3) is 0.500. The molecule has 0 radical (unpaired) electrons. The van der Waals surface area contributed by atoms with Crippen LogP contribution in [0.3, 0.4) is 0 Å². The lowest BCUT2D eigenvalue weighted by Gasteiger charge is -2.33. The van der Waals surface area contributed by atoms with Crippen molar-refractivity contribution >= 4 is 11.9 Å². The third-order valence-corrected chi connectivity index (χ3v) is 4.38. The Morgan fingerprint density at radius 2 is 1.90 bits per heavy atom. The van der Waals surface area contributed by atoms with Gasteiger partial charge in [-0.3, -0.25) is 14.5 Å². The maximum atomic E-state index is 12.2. The average molecular weight is 288 g/mol. The van der Waals surface area contributed by atoms with Gasteiger partial charge in [-0.25, -0.2) is 0 Å². The molecule has 0 aliphatic carbocycles. The van der Waals surface area contributed by atoms with Crippen molar-refractivity contribution in [2.75, 3.05) is 26.2 Å². The Kier molecular flexibility index (Phi) is 3.92. The fourth-order valence-electron chi connectivity index (χ4n) is 3.27. The topological polar surface area (TPSA) is 60.9 Å². The van der Waals surface area contributed by atoms with Crippen molar-refractivity contribution in [1.82, 2.24) is 9.80 Å². The number of benzene rings is 1. The van der Waals surface area contributed by atoms with Gasteiger partial charge < -0.3 is 10.0 Å². The third-order valence-electron chi connectivity index (χ3n) is 4.38. The van der Waals surface area contributed by atoms with E-state index in [2.05, 4.69) is 0 Å². The quantitative estimate of drug-likeness (QED) is 0.910. The fourth-order valence-corrected chi connectivity index (χ4v) is 3.27. The molecule has 0 spiro atoms. The molecule has 1 saturated heterocycles. The largest absolute Gasteiger partial charge is 0.481 e. The Labute approximate surface area is 124 Å². The molecule has 1 aromatic rings. The Morgan fingerprint density at radius 1 is 1.19 bits per heavy atom. The van der Waals surface area contributed by atoms with Crippen LogP contribution < -0.4 is 0 Å². The maximum absolute atomic E-state index is 12.2. The SMILES string of the molecule is O=C(O)C1CN(CC(=O)N2CCCC2)Cc2ccccc21. The molecule has 21 heavy (non-hydrogen) atoms. The minimum absolute atomic E-state index is 0.121. The van der Waals surface area contributed by atoms with E-state index in [0.717, 1.165) is 37.1 Å². The summed E-state index contributed by atoms with van der Waals surface area (Å²) in [7, 11) is 0. The van der Waals surface area contributed by atoms with Crippen LogP contribution in [0.5, 0.6) is 0 Å². The number of hydrogen-bond donors (Lipinski definition) is 1. The van der Waals surface area contributed by atoms with E-state index in [1.165, 1.54) is 0 Å². The van der Waals surface area contributed by atoms with Crippen molar-refractivity contribution in [2.24, 2.45) is 0 Å². The molecule has 2 heterocycles. The summed E-state index contributed by atoms with van der Waals surface area (Å²) in [6, 6.07) is 7.63. The van der Waals surface area contributed by atoms with E-state index >= 15 is 0 Å². The van der Waals surface area contributed by atoms with Crippen molar-refractivity contribution in [3.05, 3.63) is 35.4 Å². The van der Waals surface area contributed by atoms with Gasteiger partial charge >= 0.3 is 5.97 Å². The highest BCUT2D eigenvalue weighted by Gasteiger charge is 2.31. The molecule has 1 unspecified atom stereocenters. The van der Waals surface area contributed by atoms with Crippen molar-refractivity contribution in [2.45, 2.75) is 25.3 Å². The molecule has 2 aliphatic rings. The van der Waals surface area contributed by atoms with Crippen LogP contribution in [0.15, 0.2) is 24.3 Å². The van der Waals surface area contributed by atoms with E-state index in [9.17, 15) is 14.7 Å². The molecule has 1 fully saturated rings. The van der Waals surface area contributed by atoms with Gasteiger partial charge in [-0.15, -0.1) is 0 Å². The first-order valence-electron chi connectivity index (χ1n) is 7.46. The highest BCUT2D eigenvalue weighted by Crippen LogP contribution is 2.28. The van der Waals surface area contributed by atoms with Crippen LogP contribution in [0.25, 0.3) is 0 Å². The van der Waals surface area contributed by atoms with Crippen LogP contribution in [0, 0.1) is 0 Å². The Bertz CT molecular complexity index is 552. The van der Waals surface area contributed by atoms with E-state index in [0.29, 0.717) is 19.6 Å². The van der Waals surface area contributed by atoms with E-state index in [4.69, 9.17) is 0 Å². The minimum Gasteiger partial charge on any atom is -0.481 e. The molecule has 112 valence electrons.